The number of hydrogen-bond donors (Lipinski definition) is 0. The first kappa shape index (κ1) is 13.6. The number of nitrogens with zero attached hydrogens (tertiary/aromatic N) is 3. The second-order valence-electron chi connectivity index (χ2n) is 2.71. The normalized spacial score (nSPS) is 10.9. The molecule has 3 nitrogen and oxygen atoms in total. The zero-order valence-electron chi connectivity index (χ0n) is 9.09. The Balaban J connectivity index is 0.000000686. The van der Waals surface area contributed by atoms with Gasteiger partial charge in [-0.3, -0.25) is 4.98 Å². The number of rotatable bonds is 0. The average molecular weight is 264 g/mol. The predicted octanol–water partition coefficient (Wildman–Crippen LogP) is 3.72. The molecule has 17 heavy (non-hydrogen) atoms. The van der Waals surface area contributed by atoms with E-state index in [0.29, 0.717) is 0 Å². The summed E-state index contributed by atoms with van der Waals surface area (Å²) in [5.74, 6) is -1.26. The van der Waals surface area contributed by atoms with Crippen molar-refractivity contribution in [2.75, 3.05) is 0 Å². The van der Waals surface area contributed by atoms with Gasteiger partial charge in [0.15, 0.2) is 5.15 Å². The summed E-state index contributed by atoms with van der Waals surface area (Å²) in [7, 11) is 0. The second-order valence-corrected chi connectivity index (χ2v) is 3.06. The summed E-state index contributed by atoms with van der Waals surface area (Å²) in [6.45, 7) is 4.00. The Morgan fingerprint density at radius 3 is 2.41 bits per heavy atom. The van der Waals surface area contributed by atoms with Gasteiger partial charge in [-0.05, 0) is 12.1 Å². The first-order chi connectivity index (χ1) is 7.98. The van der Waals surface area contributed by atoms with E-state index in [1.54, 1.807) is 0 Å². The minimum Gasteiger partial charge on any atom is -0.251 e. The summed E-state index contributed by atoms with van der Waals surface area (Å²) < 4.78 is 36.9. The van der Waals surface area contributed by atoms with Crippen molar-refractivity contribution in [1.82, 2.24) is 15.0 Å². The molecule has 0 aliphatic heterocycles. The van der Waals surface area contributed by atoms with E-state index >= 15 is 0 Å². The molecule has 2 rings (SSSR count). The minimum atomic E-state index is -4.60. The molecule has 2 aromatic heterocycles. The second kappa shape index (κ2) is 5.27. The van der Waals surface area contributed by atoms with Gasteiger partial charge in [-0.1, -0.05) is 25.4 Å². The van der Waals surface area contributed by atoms with Gasteiger partial charge in [0.05, 0.1) is 5.52 Å². The van der Waals surface area contributed by atoms with Crippen LogP contribution in [0.4, 0.5) is 13.2 Å². The standard InChI is InChI=1S/C8H3ClF3N3.C2H6/c9-6-5-4(2-1-3-13-5)14-7(15-6)8(10,11)12;1-2/h1-3H;1-2H3. The van der Waals surface area contributed by atoms with Crippen LogP contribution in [0.1, 0.15) is 19.7 Å². The van der Waals surface area contributed by atoms with Gasteiger partial charge in [0.25, 0.3) is 0 Å². The molecular weight excluding hydrogens is 255 g/mol. The molecule has 0 aliphatic carbocycles. The van der Waals surface area contributed by atoms with Gasteiger partial charge in [-0.2, -0.15) is 13.2 Å². The third-order valence-electron chi connectivity index (χ3n) is 1.67. The van der Waals surface area contributed by atoms with Crippen LogP contribution >= 0.6 is 11.6 Å². The predicted molar refractivity (Wildman–Crippen MR) is 58.7 cm³/mol. The molecule has 92 valence electrons. The molecule has 0 bridgehead atoms. The highest BCUT2D eigenvalue weighted by atomic mass is 35.5. The molecule has 0 N–H and O–H groups in total. The van der Waals surface area contributed by atoms with Crippen molar-refractivity contribution in [3.8, 4) is 0 Å². The lowest BCUT2D eigenvalue weighted by Gasteiger charge is -2.06. The fraction of sp³-hybridized carbons (Fsp3) is 0.300. The van der Waals surface area contributed by atoms with Gasteiger partial charge in [0, 0.05) is 6.20 Å². The number of alkyl halides is 3. The zero-order chi connectivity index (χ0) is 13.1. The van der Waals surface area contributed by atoms with E-state index in [-0.39, 0.29) is 16.2 Å². The molecule has 0 amide bonds. The number of halogens is 4. The summed E-state index contributed by atoms with van der Waals surface area (Å²) in [4.78, 5) is 10.2. The van der Waals surface area contributed by atoms with Crippen molar-refractivity contribution in [1.29, 1.82) is 0 Å². The zero-order valence-corrected chi connectivity index (χ0v) is 9.84. The molecule has 0 aromatic carbocycles. The van der Waals surface area contributed by atoms with E-state index in [9.17, 15) is 13.2 Å². The van der Waals surface area contributed by atoms with Gasteiger partial charge in [0.1, 0.15) is 5.52 Å². The molecule has 0 radical (unpaired) electrons. The van der Waals surface area contributed by atoms with E-state index < -0.39 is 12.0 Å². The largest absolute Gasteiger partial charge is 0.451 e. The summed E-state index contributed by atoms with van der Waals surface area (Å²) in [5.41, 5.74) is 0.233. The lowest BCUT2D eigenvalue weighted by molar-refractivity contribution is -0.144. The van der Waals surface area contributed by atoms with E-state index in [0.717, 1.165) is 0 Å². The van der Waals surface area contributed by atoms with Crippen LogP contribution in [0.3, 0.4) is 0 Å². The number of aromatic nitrogens is 3. The maximum Gasteiger partial charge on any atom is 0.451 e. The number of hydrogen-bond acceptors (Lipinski definition) is 3. The van der Waals surface area contributed by atoms with Crippen LogP contribution in [0, 0.1) is 0 Å². The lowest BCUT2D eigenvalue weighted by Crippen LogP contribution is -2.11. The molecule has 0 fully saturated rings. The highest BCUT2D eigenvalue weighted by Crippen LogP contribution is 2.29. The van der Waals surface area contributed by atoms with Crippen LogP contribution in [0.25, 0.3) is 11.0 Å². The van der Waals surface area contributed by atoms with Gasteiger partial charge in [0.2, 0.25) is 5.82 Å². The SMILES string of the molecule is CC.FC(F)(F)c1nc(Cl)c2ncccc2n1. The first-order valence-corrected chi connectivity index (χ1v) is 5.22. The summed E-state index contributed by atoms with van der Waals surface area (Å²) in [6, 6.07) is 2.87. The Morgan fingerprint density at radius 1 is 1.18 bits per heavy atom. The van der Waals surface area contributed by atoms with Crippen LogP contribution in [0.15, 0.2) is 18.3 Å². The van der Waals surface area contributed by atoms with Crippen LogP contribution in [0.5, 0.6) is 0 Å². The van der Waals surface area contributed by atoms with Crippen molar-refractivity contribution in [3.63, 3.8) is 0 Å². The Kier molecular flexibility index (Phi) is 4.22. The van der Waals surface area contributed by atoms with Crippen molar-refractivity contribution >= 4 is 22.6 Å². The molecule has 2 heterocycles. The van der Waals surface area contributed by atoms with Gasteiger partial charge >= 0.3 is 6.18 Å². The van der Waals surface area contributed by atoms with E-state index in [2.05, 4.69) is 15.0 Å². The van der Waals surface area contributed by atoms with E-state index in [4.69, 9.17) is 11.6 Å². The van der Waals surface area contributed by atoms with Crippen molar-refractivity contribution in [3.05, 3.63) is 29.3 Å². The van der Waals surface area contributed by atoms with Gasteiger partial charge in [-0.15, -0.1) is 0 Å². The highest BCUT2D eigenvalue weighted by molar-refractivity contribution is 6.33. The van der Waals surface area contributed by atoms with E-state index in [1.165, 1.54) is 18.3 Å². The molecule has 0 saturated heterocycles. The first-order valence-electron chi connectivity index (χ1n) is 4.84. The van der Waals surface area contributed by atoms with Crippen LogP contribution in [0.2, 0.25) is 5.15 Å². The molecule has 0 spiro atoms. The summed E-state index contributed by atoms with van der Waals surface area (Å²) >= 11 is 5.55. The Morgan fingerprint density at radius 2 is 1.82 bits per heavy atom. The average Bonchev–Trinajstić information content (AvgIpc) is 2.30. The van der Waals surface area contributed by atoms with Crippen LogP contribution in [-0.4, -0.2) is 15.0 Å². The van der Waals surface area contributed by atoms with Crippen molar-refractivity contribution < 1.29 is 13.2 Å². The van der Waals surface area contributed by atoms with Gasteiger partial charge < -0.3 is 0 Å². The molecular formula is C10H9ClF3N3. The summed E-state index contributed by atoms with van der Waals surface area (Å²) in [6.07, 6.45) is -3.20. The summed E-state index contributed by atoms with van der Waals surface area (Å²) in [5, 5.41) is -0.298. The maximum atomic E-state index is 12.3. The highest BCUT2D eigenvalue weighted by Gasteiger charge is 2.35. The Labute approximate surface area is 101 Å². The topological polar surface area (TPSA) is 38.7 Å². The maximum absolute atomic E-state index is 12.3. The van der Waals surface area contributed by atoms with Crippen molar-refractivity contribution in [2.24, 2.45) is 0 Å². The Hall–Kier alpha value is -1.43. The quantitative estimate of drug-likeness (QED) is 0.680. The third-order valence-corrected chi connectivity index (χ3v) is 1.93. The van der Waals surface area contributed by atoms with E-state index in [1.807, 2.05) is 13.8 Å². The van der Waals surface area contributed by atoms with Crippen molar-refractivity contribution in [2.45, 2.75) is 20.0 Å². The Bertz CT molecular complexity index is 514. The molecule has 7 heteroatoms. The fourth-order valence-corrected chi connectivity index (χ4v) is 1.28. The third kappa shape index (κ3) is 3.03. The number of fused-ring (bicyclic) bond motifs is 1. The molecule has 0 aliphatic rings. The molecule has 0 atom stereocenters. The number of pyridine rings is 1. The smallest absolute Gasteiger partial charge is 0.251 e. The molecule has 0 saturated carbocycles. The molecule has 2 aromatic rings. The molecule has 0 unspecified atom stereocenters. The van der Waals surface area contributed by atoms with Crippen LogP contribution < -0.4 is 0 Å². The van der Waals surface area contributed by atoms with Crippen LogP contribution in [-0.2, 0) is 6.18 Å². The van der Waals surface area contributed by atoms with Gasteiger partial charge in [-0.25, -0.2) is 9.97 Å². The minimum absolute atomic E-state index is 0.0739. The monoisotopic (exact) mass is 263 g/mol. The fourth-order valence-electron chi connectivity index (χ4n) is 1.06. The lowest BCUT2D eigenvalue weighted by atomic mass is 10.3.